The molecule has 6 nitrogen and oxygen atoms in total. The number of hydrogen-bond donors (Lipinski definition) is 3. The highest BCUT2D eigenvalue weighted by molar-refractivity contribution is 8.14. The van der Waals surface area contributed by atoms with Gasteiger partial charge in [0.05, 0.1) is 18.4 Å². The minimum atomic E-state index is -0.629. The Hall–Kier alpha value is -0.630. The van der Waals surface area contributed by atoms with Crippen LogP contribution in [0.3, 0.4) is 0 Å². The molecule has 0 bridgehead atoms. The Labute approximate surface area is 91.2 Å². The maximum atomic E-state index is 9.53. The molecule has 2 rings (SSSR count). The normalized spacial score (nSPS) is 36.3. The number of hydrogen-bond acceptors (Lipinski definition) is 7. The van der Waals surface area contributed by atoms with Gasteiger partial charge in [-0.1, -0.05) is 11.8 Å². The van der Waals surface area contributed by atoms with E-state index in [-0.39, 0.29) is 12.7 Å². The van der Waals surface area contributed by atoms with Crippen LogP contribution in [0.2, 0.25) is 0 Å². The Balaban J connectivity index is 2.02. The van der Waals surface area contributed by atoms with Crippen LogP contribution in [0.25, 0.3) is 0 Å². The van der Waals surface area contributed by atoms with Crippen LogP contribution in [0.4, 0.5) is 0 Å². The average molecular weight is 231 g/mol. The van der Waals surface area contributed by atoms with Gasteiger partial charge in [-0.15, -0.1) is 5.10 Å². The number of aliphatic hydroxyl groups excluding tert-OH is 2. The minimum Gasteiger partial charge on any atom is -0.394 e. The van der Waals surface area contributed by atoms with Crippen molar-refractivity contribution in [2.45, 2.75) is 24.7 Å². The zero-order valence-corrected chi connectivity index (χ0v) is 8.85. The van der Waals surface area contributed by atoms with E-state index in [0.29, 0.717) is 17.3 Å². The van der Waals surface area contributed by atoms with E-state index in [1.165, 1.54) is 11.8 Å². The van der Waals surface area contributed by atoms with Crippen molar-refractivity contribution in [1.82, 2.24) is 0 Å². The molecule has 0 saturated carbocycles. The number of aliphatic hydroxyl groups is 2. The fourth-order valence-electron chi connectivity index (χ4n) is 1.58. The first-order chi connectivity index (χ1) is 7.20. The Morgan fingerprint density at radius 3 is 2.87 bits per heavy atom. The molecule has 0 amide bonds. The molecule has 2 heterocycles. The number of nitrogens with zero attached hydrogens (tertiary/aromatic N) is 2. The summed E-state index contributed by atoms with van der Waals surface area (Å²) in [5.41, 5.74) is 6.22. The number of nitrogens with two attached hydrogens (primary N) is 1. The van der Waals surface area contributed by atoms with Crippen LogP contribution in [0.15, 0.2) is 10.2 Å². The lowest BCUT2D eigenvalue weighted by molar-refractivity contribution is -0.00681. The number of amidine groups is 1. The van der Waals surface area contributed by atoms with Gasteiger partial charge in [-0.05, 0) is 0 Å². The third-order valence-electron chi connectivity index (χ3n) is 2.42. The van der Waals surface area contributed by atoms with Gasteiger partial charge in [-0.3, -0.25) is 0 Å². The molecule has 2 aliphatic rings. The molecule has 15 heavy (non-hydrogen) atoms. The number of ether oxygens (including phenoxy) is 1. The summed E-state index contributed by atoms with van der Waals surface area (Å²) >= 11 is 1.40. The summed E-state index contributed by atoms with van der Waals surface area (Å²) in [4.78, 5) is 0. The number of rotatable bonds is 2. The van der Waals surface area contributed by atoms with E-state index in [4.69, 9.17) is 15.6 Å². The van der Waals surface area contributed by atoms with Crippen LogP contribution in [0, 0.1) is 0 Å². The third-order valence-corrected chi connectivity index (χ3v) is 3.24. The van der Waals surface area contributed by atoms with Crippen molar-refractivity contribution in [3.63, 3.8) is 0 Å². The van der Waals surface area contributed by atoms with Gasteiger partial charge >= 0.3 is 0 Å². The highest BCUT2D eigenvalue weighted by Crippen LogP contribution is 2.24. The molecule has 2 aliphatic heterocycles. The van der Waals surface area contributed by atoms with Gasteiger partial charge in [0.25, 0.3) is 0 Å². The van der Waals surface area contributed by atoms with Gasteiger partial charge in [-0.2, -0.15) is 5.10 Å². The van der Waals surface area contributed by atoms with Gasteiger partial charge in [0.1, 0.15) is 12.2 Å². The number of thioether (sulfide) groups is 1. The van der Waals surface area contributed by atoms with E-state index in [0.717, 1.165) is 5.71 Å². The molecule has 0 aromatic heterocycles. The van der Waals surface area contributed by atoms with Crippen molar-refractivity contribution in [3.8, 4) is 0 Å². The summed E-state index contributed by atoms with van der Waals surface area (Å²) in [5.74, 6) is 0.630. The molecule has 3 atom stereocenters. The van der Waals surface area contributed by atoms with Gasteiger partial charge in [0, 0.05) is 12.2 Å². The Morgan fingerprint density at radius 2 is 2.33 bits per heavy atom. The summed E-state index contributed by atoms with van der Waals surface area (Å²) in [6.07, 6.45) is -0.927. The van der Waals surface area contributed by atoms with E-state index in [9.17, 15) is 5.11 Å². The molecule has 1 saturated heterocycles. The van der Waals surface area contributed by atoms with Crippen LogP contribution in [-0.2, 0) is 4.74 Å². The molecular formula is C8H13N3O3S. The molecule has 0 unspecified atom stereocenters. The largest absolute Gasteiger partial charge is 0.394 e. The van der Waals surface area contributed by atoms with Crippen molar-refractivity contribution in [3.05, 3.63) is 0 Å². The Bertz CT molecular complexity index is 308. The highest BCUT2D eigenvalue weighted by atomic mass is 32.2. The lowest BCUT2D eigenvalue weighted by atomic mass is 10.1. The predicted octanol–water partition coefficient (Wildman–Crippen LogP) is -1.09. The van der Waals surface area contributed by atoms with Gasteiger partial charge in [0.2, 0.25) is 0 Å². The smallest absolute Gasteiger partial charge is 0.180 e. The molecule has 1 fully saturated rings. The Kier molecular flexibility index (Phi) is 3.25. The molecule has 0 spiro atoms. The summed E-state index contributed by atoms with van der Waals surface area (Å²) in [6.45, 7) is -0.177. The fraction of sp³-hybridized carbons (Fsp3) is 0.750. The standard InChI is InChI=1S/C8H13N3O3S/c9-8-11-10-4(3-15-8)6-1-5(13)7(2-12)14-6/h5-7,12-13H,1-3H2,(H2,9,11)/t5-,6-,7+/m0/s1. The molecule has 84 valence electrons. The lowest BCUT2D eigenvalue weighted by Gasteiger charge is -2.15. The maximum absolute atomic E-state index is 9.53. The fourth-order valence-corrected chi connectivity index (χ4v) is 2.22. The zero-order chi connectivity index (χ0) is 10.8. The van der Waals surface area contributed by atoms with E-state index in [1.54, 1.807) is 0 Å². The molecule has 0 aliphatic carbocycles. The summed E-state index contributed by atoms with van der Waals surface area (Å²) in [5, 5.41) is 26.6. The Morgan fingerprint density at radius 1 is 1.53 bits per heavy atom. The molecule has 4 N–H and O–H groups in total. The van der Waals surface area contributed by atoms with Crippen LogP contribution in [0.5, 0.6) is 0 Å². The quantitative estimate of drug-likeness (QED) is 0.561. The van der Waals surface area contributed by atoms with Crippen molar-refractivity contribution in [1.29, 1.82) is 0 Å². The molecule has 0 aromatic carbocycles. The highest BCUT2D eigenvalue weighted by Gasteiger charge is 2.36. The monoisotopic (exact) mass is 231 g/mol. The van der Waals surface area contributed by atoms with E-state index in [2.05, 4.69) is 10.2 Å². The van der Waals surface area contributed by atoms with E-state index < -0.39 is 12.2 Å². The van der Waals surface area contributed by atoms with Crippen molar-refractivity contribution >= 4 is 22.6 Å². The molecular weight excluding hydrogens is 218 g/mol. The molecule has 0 aromatic rings. The third kappa shape index (κ3) is 2.31. The summed E-state index contributed by atoms with van der Waals surface area (Å²) in [7, 11) is 0. The topological polar surface area (TPSA) is 100 Å². The zero-order valence-electron chi connectivity index (χ0n) is 8.04. The minimum absolute atomic E-state index is 0.177. The van der Waals surface area contributed by atoms with E-state index >= 15 is 0 Å². The van der Waals surface area contributed by atoms with Crippen molar-refractivity contribution in [2.24, 2.45) is 15.9 Å². The van der Waals surface area contributed by atoms with Crippen LogP contribution in [-0.4, -0.2) is 51.8 Å². The first-order valence-corrected chi connectivity index (χ1v) is 5.66. The van der Waals surface area contributed by atoms with Crippen LogP contribution in [0.1, 0.15) is 6.42 Å². The molecule has 0 radical (unpaired) electrons. The first-order valence-electron chi connectivity index (χ1n) is 4.67. The maximum Gasteiger partial charge on any atom is 0.180 e. The van der Waals surface area contributed by atoms with Gasteiger partial charge in [-0.25, -0.2) is 0 Å². The average Bonchev–Trinajstić information content (AvgIpc) is 2.61. The van der Waals surface area contributed by atoms with Crippen LogP contribution < -0.4 is 5.73 Å². The summed E-state index contributed by atoms with van der Waals surface area (Å²) in [6, 6.07) is 0. The second-order valence-electron chi connectivity index (χ2n) is 3.47. The summed E-state index contributed by atoms with van der Waals surface area (Å²) < 4.78 is 5.44. The first kappa shape index (κ1) is 10.9. The second kappa shape index (κ2) is 4.48. The van der Waals surface area contributed by atoms with Gasteiger partial charge < -0.3 is 20.7 Å². The van der Waals surface area contributed by atoms with Crippen molar-refractivity contribution < 1.29 is 14.9 Å². The molecule has 7 heteroatoms. The van der Waals surface area contributed by atoms with E-state index in [1.807, 2.05) is 0 Å². The predicted molar refractivity (Wildman–Crippen MR) is 57.9 cm³/mol. The van der Waals surface area contributed by atoms with Gasteiger partial charge in [0.15, 0.2) is 5.17 Å². The van der Waals surface area contributed by atoms with Crippen molar-refractivity contribution in [2.75, 3.05) is 12.4 Å². The lowest BCUT2D eigenvalue weighted by Crippen LogP contribution is -2.28. The second-order valence-corrected chi connectivity index (χ2v) is 4.46. The van der Waals surface area contributed by atoms with Crippen LogP contribution >= 0.6 is 11.8 Å². The SMILES string of the molecule is NC1=NN=C([C@@H]2C[C@H](O)[C@@H](CO)O2)CS1.